The number of unbranched alkanes of at least 4 members (excludes halogenated alkanes) is 1. The van der Waals surface area contributed by atoms with E-state index in [0.29, 0.717) is 18.8 Å². The summed E-state index contributed by atoms with van der Waals surface area (Å²) in [5, 5.41) is 0. The smallest absolute Gasteiger partial charge is 0.334 e. The average Bonchev–Trinajstić information content (AvgIpc) is 2.55. The lowest BCUT2D eigenvalue weighted by Crippen LogP contribution is -2.36. The molecule has 0 N–H and O–H groups in total. The first-order chi connectivity index (χ1) is 10.7. The minimum Gasteiger partial charge on any atom is -0.501 e. The van der Waals surface area contributed by atoms with E-state index in [9.17, 15) is 4.79 Å². The molecule has 120 valence electrons. The van der Waals surface area contributed by atoms with Gasteiger partial charge in [0.1, 0.15) is 11.9 Å². The predicted molar refractivity (Wildman–Crippen MR) is 84.1 cm³/mol. The van der Waals surface area contributed by atoms with Crippen molar-refractivity contribution >= 4 is 5.97 Å². The highest BCUT2D eigenvalue weighted by atomic mass is 16.6. The number of rotatable bonds is 8. The van der Waals surface area contributed by atoms with Crippen molar-refractivity contribution in [3.8, 4) is 0 Å². The van der Waals surface area contributed by atoms with Gasteiger partial charge in [0, 0.05) is 6.42 Å². The number of carbonyl (C=O) groups is 1. The second-order valence-corrected chi connectivity index (χ2v) is 5.47. The van der Waals surface area contributed by atoms with Crippen LogP contribution in [0, 0.1) is 0 Å². The number of esters is 1. The van der Waals surface area contributed by atoms with Crippen molar-refractivity contribution in [2.75, 3.05) is 7.11 Å². The molecule has 4 nitrogen and oxygen atoms in total. The zero-order valence-corrected chi connectivity index (χ0v) is 13.3. The van der Waals surface area contributed by atoms with E-state index in [0.717, 1.165) is 24.8 Å². The third-order valence-corrected chi connectivity index (χ3v) is 3.77. The average molecular weight is 304 g/mol. The first-order valence-corrected chi connectivity index (χ1v) is 7.83. The Balaban J connectivity index is 1.99. The van der Waals surface area contributed by atoms with Crippen LogP contribution in [0.25, 0.3) is 0 Å². The maximum absolute atomic E-state index is 11.7. The van der Waals surface area contributed by atoms with E-state index in [2.05, 4.69) is 6.92 Å². The summed E-state index contributed by atoms with van der Waals surface area (Å²) in [6.07, 6.45) is 4.60. The highest BCUT2D eigenvalue weighted by Gasteiger charge is 2.30. The molecule has 0 fully saturated rings. The normalized spacial score (nSPS) is 19.3. The zero-order valence-electron chi connectivity index (χ0n) is 13.3. The van der Waals surface area contributed by atoms with E-state index in [1.807, 2.05) is 30.3 Å². The van der Waals surface area contributed by atoms with Gasteiger partial charge in [-0.2, -0.15) is 0 Å². The number of benzene rings is 1. The summed E-state index contributed by atoms with van der Waals surface area (Å²) >= 11 is 0. The van der Waals surface area contributed by atoms with Gasteiger partial charge in [-0.05, 0) is 12.0 Å². The van der Waals surface area contributed by atoms with Gasteiger partial charge in [-0.3, -0.25) is 0 Å². The van der Waals surface area contributed by atoms with Crippen molar-refractivity contribution < 1.29 is 19.0 Å². The van der Waals surface area contributed by atoms with Crippen LogP contribution >= 0.6 is 0 Å². The fourth-order valence-corrected chi connectivity index (χ4v) is 2.52. The lowest BCUT2D eigenvalue weighted by atomic mass is 10.0. The summed E-state index contributed by atoms with van der Waals surface area (Å²) in [5.74, 6) is 0.309. The second-order valence-electron chi connectivity index (χ2n) is 5.47. The molecule has 0 unspecified atom stereocenters. The Bertz CT molecular complexity index is 495. The van der Waals surface area contributed by atoms with Gasteiger partial charge in [0.2, 0.25) is 0 Å². The molecule has 1 aliphatic heterocycles. The van der Waals surface area contributed by atoms with E-state index in [1.54, 1.807) is 7.11 Å². The molecule has 0 bridgehead atoms. The molecule has 4 heteroatoms. The van der Waals surface area contributed by atoms with Gasteiger partial charge in [0.25, 0.3) is 0 Å². The first kappa shape index (κ1) is 16.6. The van der Waals surface area contributed by atoms with Crippen molar-refractivity contribution in [2.24, 2.45) is 0 Å². The molecule has 1 aromatic rings. The Kier molecular flexibility index (Phi) is 6.46. The number of carbonyl (C=O) groups excluding carboxylic acids is 1. The molecule has 2 atom stereocenters. The van der Waals surface area contributed by atoms with Crippen molar-refractivity contribution in [1.29, 1.82) is 0 Å². The lowest BCUT2D eigenvalue weighted by Gasteiger charge is -2.29. The molecule has 0 saturated heterocycles. The highest BCUT2D eigenvalue weighted by molar-refractivity contribution is 5.83. The standard InChI is InChI=1S/C18H24O4/c1-3-4-10-16(21-13-14-8-6-5-7-9-14)17-11-15(20-2)12-18(19)22-17/h5-9,12,16-17H,3-4,10-11,13H2,1-2H3/t16-,17+/m0/s1. The molecule has 1 heterocycles. The fraction of sp³-hybridized carbons (Fsp3) is 0.500. The molecule has 0 aliphatic carbocycles. The summed E-state index contributed by atoms with van der Waals surface area (Å²) in [6.45, 7) is 2.66. The number of hydrogen-bond acceptors (Lipinski definition) is 4. The fourth-order valence-electron chi connectivity index (χ4n) is 2.52. The van der Waals surface area contributed by atoms with Crippen molar-refractivity contribution in [3.05, 3.63) is 47.7 Å². The Morgan fingerprint density at radius 1 is 1.32 bits per heavy atom. The predicted octanol–water partition coefficient (Wildman–Crippen LogP) is 3.61. The van der Waals surface area contributed by atoms with E-state index in [4.69, 9.17) is 14.2 Å². The number of cyclic esters (lactones) is 1. The van der Waals surface area contributed by atoms with Gasteiger partial charge in [0.15, 0.2) is 0 Å². The molecular weight excluding hydrogens is 280 g/mol. The molecule has 22 heavy (non-hydrogen) atoms. The van der Waals surface area contributed by atoms with Crippen LogP contribution in [0.15, 0.2) is 42.2 Å². The van der Waals surface area contributed by atoms with Crippen molar-refractivity contribution in [3.63, 3.8) is 0 Å². The molecule has 0 radical (unpaired) electrons. The molecule has 0 amide bonds. The monoisotopic (exact) mass is 304 g/mol. The van der Waals surface area contributed by atoms with Gasteiger partial charge in [-0.1, -0.05) is 50.1 Å². The molecule has 1 aliphatic rings. The second kappa shape index (κ2) is 8.59. The lowest BCUT2D eigenvalue weighted by molar-refractivity contribution is -0.156. The van der Waals surface area contributed by atoms with Gasteiger partial charge in [0.05, 0.1) is 25.9 Å². The van der Waals surface area contributed by atoms with Crippen LogP contribution in [-0.2, 0) is 25.6 Å². The van der Waals surface area contributed by atoms with Crippen LogP contribution in [0.3, 0.4) is 0 Å². The van der Waals surface area contributed by atoms with Gasteiger partial charge < -0.3 is 14.2 Å². The van der Waals surface area contributed by atoms with Gasteiger partial charge >= 0.3 is 5.97 Å². The maximum Gasteiger partial charge on any atom is 0.334 e. The third kappa shape index (κ3) is 4.88. The van der Waals surface area contributed by atoms with E-state index in [1.165, 1.54) is 6.08 Å². The third-order valence-electron chi connectivity index (χ3n) is 3.77. The SMILES string of the molecule is CCCC[C@H](OCc1ccccc1)[C@H]1CC(OC)=CC(=O)O1. The minimum atomic E-state index is -0.349. The molecule has 0 spiro atoms. The molecular formula is C18H24O4. The van der Waals surface area contributed by atoms with Gasteiger partial charge in [-0.25, -0.2) is 4.79 Å². The zero-order chi connectivity index (χ0) is 15.8. The number of methoxy groups -OCH3 is 1. The van der Waals surface area contributed by atoms with Crippen LogP contribution < -0.4 is 0 Å². The summed E-state index contributed by atoms with van der Waals surface area (Å²) in [7, 11) is 1.58. The summed E-state index contributed by atoms with van der Waals surface area (Å²) in [5.41, 5.74) is 1.12. The van der Waals surface area contributed by atoms with Crippen LogP contribution in [0.2, 0.25) is 0 Å². The maximum atomic E-state index is 11.7. The van der Waals surface area contributed by atoms with Crippen molar-refractivity contribution in [1.82, 2.24) is 0 Å². The highest BCUT2D eigenvalue weighted by Crippen LogP contribution is 2.24. The molecule has 2 rings (SSSR count). The largest absolute Gasteiger partial charge is 0.501 e. The van der Waals surface area contributed by atoms with E-state index in [-0.39, 0.29) is 18.2 Å². The Morgan fingerprint density at radius 2 is 2.09 bits per heavy atom. The Labute approximate surface area is 132 Å². The summed E-state index contributed by atoms with van der Waals surface area (Å²) in [6, 6.07) is 10.0. The first-order valence-electron chi connectivity index (χ1n) is 7.83. The van der Waals surface area contributed by atoms with Gasteiger partial charge in [-0.15, -0.1) is 0 Å². The molecule has 1 aromatic carbocycles. The Hall–Kier alpha value is -1.81. The summed E-state index contributed by atoms with van der Waals surface area (Å²) < 4.78 is 16.7. The van der Waals surface area contributed by atoms with Crippen LogP contribution in [-0.4, -0.2) is 25.3 Å². The van der Waals surface area contributed by atoms with Crippen molar-refractivity contribution in [2.45, 2.75) is 51.4 Å². The van der Waals surface area contributed by atoms with E-state index >= 15 is 0 Å². The quantitative estimate of drug-likeness (QED) is 0.688. The molecule has 0 aromatic heterocycles. The number of hydrogen-bond donors (Lipinski definition) is 0. The molecule has 0 saturated carbocycles. The van der Waals surface area contributed by atoms with E-state index < -0.39 is 0 Å². The topological polar surface area (TPSA) is 44.8 Å². The van der Waals surface area contributed by atoms with Crippen LogP contribution in [0.4, 0.5) is 0 Å². The van der Waals surface area contributed by atoms with Crippen LogP contribution in [0.1, 0.15) is 38.2 Å². The Morgan fingerprint density at radius 3 is 2.77 bits per heavy atom. The number of ether oxygens (including phenoxy) is 3. The minimum absolute atomic E-state index is 0.108. The summed E-state index contributed by atoms with van der Waals surface area (Å²) in [4.78, 5) is 11.7. The van der Waals surface area contributed by atoms with Crippen LogP contribution in [0.5, 0.6) is 0 Å².